The third kappa shape index (κ3) is 2.77. The highest BCUT2D eigenvalue weighted by atomic mass is 16.6. The van der Waals surface area contributed by atoms with Crippen LogP contribution in [0.2, 0.25) is 0 Å². The number of hydrogen-bond acceptors (Lipinski definition) is 3. The van der Waals surface area contributed by atoms with Crippen molar-refractivity contribution >= 4 is 5.78 Å². The van der Waals surface area contributed by atoms with Crippen LogP contribution < -0.4 is 9.47 Å². The van der Waals surface area contributed by atoms with Crippen LogP contribution in [0.15, 0.2) is 36.4 Å². The van der Waals surface area contributed by atoms with Gasteiger partial charge in [-0.1, -0.05) is 29.8 Å². The summed E-state index contributed by atoms with van der Waals surface area (Å²) in [5.41, 5.74) is 3.97. The van der Waals surface area contributed by atoms with Crippen molar-refractivity contribution in [2.45, 2.75) is 20.3 Å². The van der Waals surface area contributed by atoms with Crippen LogP contribution in [0.3, 0.4) is 0 Å². The Kier molecular flexibility index (Phi) is 3.65. The van der Waals surface area contributed by atoms with Gasteiger partial charge < -0.3 is 9.47 Å². The lowest BCUT2D eigenvalue weighted by molar-refractivity contribution is 0.0981. The van der Waals surface area contributed by atoms with Crippen molar-refractivity contribution in [1.29, 1.82) is 0 Å². The topological polar surface area (TPSA) is 35.5 Å². The summed E-state index contributed by atoms with van der Waals surface area (Å²) in [5.74, 6) is 1.30. The number of para-hydroxylation sites is 1. The van der Waals surface area contributed by atoms with Gasteiger partial charge >= 0.3 is 0 Å². The minimum atomic E-state index is 0.0612. The van der Waals surface area contributed by atoms with Crippen molar-refractivity contribution in [3.63, 3.8) is 0 Å². The molecule has 0 aromatic heterocycles. The number of carbonyl (C=O) groups is 1. The number of rotatable bonds is 3. The fourth-order valence-corrected chi connectivity index (χ4v) is 2.55. The highest BCUT2D eigenvalue weighted by molar-refractivity contribution is 6.00. The molecule has 0 unspecified atom stereocenters. The quantitative estimate of drug-likeness (QED) is 0.808. The molecule has 3 heteroatoms. The fourth-order valence-electron chi connectivity index (χ4n) is 2.55. The second-order valence-corrected chi connectivity index (χ2v) is 5.36. The highest BCUT2D eigenvalue weighted by Crippen LogP contribution is 2.34. The average molecular weight is 282 g/mol. The summed E-state index contributed by atoms with van der Waals surface area (Å²) >= 11 is 0. The molecule has 1 aliphatic heterocycles. The predicted octanol–water partition coefficient (Wildman–Crippen LogP) is 3.50. The van der Waals surface area contributed by atoms with Gasteiger partial charge in [0.2, 0.25) is 0 Å². The van der Waals surface area contributed by atoms with E-state index in [-0.39, 0.29) is 5.78 Å². The van der Waals surface area contributed by atoms with Crippen molar-refractivity contribution in [3.8, 4) is 11.5 Å². The Morgan fingerprint density at radius 3 is 2.76 bits per heavy atom. The van der Waals surface area contributed by atoms with Gasteiger partial charge in [0, 0.05) is 6.42 Å². The number of Topliss-reactive ketones (excluding diaryl/α,β-unsaturated/α-hetero) is 1. The third-order valence-electron chi connectivity index (χ3n) is 3.72. The normalized spacial score (nSPS) is 13.0. The Hall–Kier alpha value is -2.29. The lowest BCUT2D eigenvalue weighted by Gasteiger charge is -2.20. The van der Waals surface area contributed by atoms with Crippen molar-refractivity contribution < 1.29 is 14.3 Å². The van der Waals surface area contributed by atoms with Crippen molar-refractivity contribution in [2.75, 3.05) is 13.2 Å². The number of hydrogen-bond donors (Lipinski definition) is 0. The van der Waals surface area contributed by atoms with E-state index in [0.29, 0.717) is 36.7 Å². The van der Waals surface area contributed by atoms with Gasteiger partial charge in [-0.25, -0.2) is 0 Å². The number of carbonyl (C=O) groups excluding carboxylic acids is 1. The van der Waals surface area contributed by atoms with E-state index in [2.05, 4.69) is 18.2 Å². The van der Waals surface area contributed by atoms with Gasteiger partial charge in [0.15, 0.2) is 17.3 Å². The molecule has 0 amide bonds. The van der Waals surface area contributed by atoms with Crippen molar-refractivity contribution in [1.82, 2.24) is 0 Å². The Balaban J connectivity index is 1.91. The predicted molar refractivity (Wildman–Crippen MR) is 81.4 cm³/mol. The zero-order valence-corrected chi connectivity index (χ0v) is 12.3. The van der Waals surface area contributed by atoms with Crippen LogP contribution in [-0.2, 0) is 6.42 Å². The van der Waals surface area contributed by atoms with Crippen LogP contribution in [0.1, 0.15) is 27.0 Å². The number of aryl methyl sites for hydroxylation is 2. The zero-order valence-electron chi connectivity index (χ0n) is 12.3. The van der Waals surface area contributed by atoms with Crippen LogP contribution >= 0.6 is 0 Å². The summed E-state index contributed by atoms with van der Waals surface area (Å²) in [6, 6.07) is 11.7. The summed E-state index contributed by atoms with van der Waals surface area (Å²) < 4.78 is 11.2. The number of ketones is 1. The van der Waals surface area contributed by atoms with E-state index < -0.39 is 0 Å². The molecule has 0 spiro atoms. The van der Waals surface area contributed by atoms with E-state index in [1.165, 1.54) is 0 Å². The van der Waals surface area contributed by atoms with E-state index >= 15 is 0 Å². The van der Waals surface area contributed by atoms with Crippen molar-refractivity contribution in [2.24, 2.45) is 0 Å². The molecule has 0 saturated carbocycles. The summed E-state index contributed by atoms with van der Waals surface area (Å²) in [4.78, 5) is 12.6. The molecule has 3 rings (SSSR count). The molecular formula is C18H18O3. The van der Waals surface area contributed by atoms with Gasteiger partial charge in [0.1, 0.15) is 13.2 Å². The molecule has 0 radical (unpaired) electrons. The Bertz CT molecular complexity index is 689. The smallest absolute Gasteiger partial charge is 0.172 e. The van der Waals surface area contributed by atoms with Gasteiger partial charge in [-0.05, 0) is 37.1 Å². The van der Waals surface area contributed by atoms with Gasteiger partial charge in [-0.15, -0.1) is 0 Å². The first-order chi connectivity index (χ1) is 10.1. The first-order valence-electron chi connectivity index (χ1n) is 7.13. The monoisotopic (exact) mass is 282 g/mol. The first-order valence-corrected chi connectivity index (χ1v) is 7.13. The molecule has 3 nitrogen and oxygen atoms in total. The van der Waals surface area contributed by atoms with Crippen molar-refractivity contribution in [3.05, 3.63) is 58.7 Å². The molecule has 1 aliphatic rings. The highest BCUT2D eigenvalue weighted by Gasteiger charge is 2.20. The minimum Gasteiger partial charge on any atom is -0.486 e. The van der Waals surface area contributed by atoms with E-state index in [1.807, 2.05) is 26.0 Å². The largest absolute Gasteiger partial charge is 0.486 e. The summed E-state index contributed by atoms with van der Waals surface area (Å²) in [6.45, 7) is 5.08. The summed E-state index contributed by atoms with van der Waals surface area (Å²) in [6.07, 6.45) is 0.382. The van der Waals surface area contributed by atoms with Gasteiger partial charge in [0.05, 0.1) is 5.56 Å². The molecular weight excluding hydrogens is 264 g/mol. The molecule has 0 N–H and O–H groups in total. The number of ether oxygens (including phenoxy) is 2. The fraction of sp³-hybridized carbons (Fsp3) is 0.278. The molecule has 0 atom stereocenters. The molecule has 21 heavy (non-hydrogen) atoms. The van der Waals surface area contributed by atoms with E-state index in [4.69, 9.17) is 9.47 Å². The molecule has 0 aliphatic carbocycles. The lowest BCUT2D eigenvalue weighted by atomic mass is 9.97. The van der Waals surface area contributed by atoms with Crippen LogP contribution in [0.4, 0.5) is 0 Å². The van der Waals surface area contributed by atoms with Crippen LogP contribution in [0, 0.1) is 13.8 Å². The molecule has 108 valence electrons. The first kappa shape index (κ1) is 13.7. The van der Waals surface area contributed by atoms with Crippen LogP contribution in [-0.4, -0.2) is 19.0 Å². The Labute approximate surface area is 124 Å². The molecule has 2 aromatic carbocycles. The molecule has 0 bridgehead atoms. The summed E-state index contributed by atoms with van der Waals surface area (Å²) in [5, 5.41) is 0. The second kappa shape index (κ2) is 5.60. The second-order valence-electron chi connectivity index (χ2n) is 5.36. The Morgan fingerprint density at radius 1 is 1.10 bits per heavy atom. The lowest BCUT2D eigenvalue weighted by Crippen LogP contribution is -2.18. The van der Waals surface area contributed by atoms with E-state index in [9.17, 15) is 4.79 Å². The molecule has 2 aromatic rings. The van der Waals surface area contributed by atoms with Crippen LogP contribution in [0.25, 0.3) is 0 Å². The maximum absolute atomic E-state index is 12.6. The number of benzene rings is 2. The van der Waals surface area contributed by atoms with Gasteiger partial charge in [0.25, 0.3) is 0 Å². The van der Waals surface area contributed by atoms with Crippen LogP contribution in [0.5, 0.6) is 11.5 Å². The van der Waals surface area contributed by atoms with Gasteiger partial charge in [-0.2, -0.15) is 0 Å². The average Bonchev–Trinajstić information content (AvgIpc) is 2.50. The molecule has 0 fully saturated rings. The summed E-state index contributed by atoms with van der Waals surface area (Å²) in [7, 11) is 0. The maximum atomic E-state index is 12.6. The van der Waals surface area contributed by atoms with E-state index in [1.54, 1.807) is 6.07 Å². The maximum Gasteiger partial charge on any atom is 0.172 e. The molecule has 0 saturated heterocycles. The third-order valence-corrected chi connectivity index (χ3v) is 3.72. The number of fused-ring (bicyclic) bond motifs is 1. The standard InChI is InChI=1S/C18H18O3/c1-12-6-7-13(2)14(10-12)11-16(19)15-4-3-5-17-18(15)21-9-8-20-17/h3-7,10H,8-9,11H2,1-2H3. The minimum absolute atomic E-state index is 0.0612. The van der Waals surface area contributed by atoms with Gasteiger partial charge in [-0.3, -0.25) is 4.79 Å². The van der Waals surface area contributed by atoms with E-state index in [0.717, 1.165) is 16.7 Å². The Morgan fingerprint density at radius 2 is 1.90 bits per heavy atom. The molecule has 1 heterocycles. The zero-order chi connectivity index (χ0) is 14.8. The SMILES string of the molecule is Cc1ccc(C)c(CC(=O)c2cccc3c2OCCO3)c1.